The maximum Gasteiger partial charge on any atom is 0.218 e. The highest BCUT2D eigenvalue weighted by Crippen LogP contribution is 2.27. The fourth-order valence-electron chi connectivity index (χ4n) is 2.72. The molecule has 2 heterocycles. The monoisotopic (exact) mass is 340 g/mol. The van der Waals surface area contributed by atoms with Crippen LogP contribution in [0.1, 0.15) is 37.9 Å². The van der Waals surface area contributed by atoms with Crippen LogP contribution in [0.4, 0.5) is 5.82 Å². The zero-order chi connectivity index (χ0) is 16.3. The van der Waals surface area contributed by atoms with E-state index in [2.05, 4.69) is 19.6 Å². The second-order valence-corrected chi connectivity index (χ2v) is 8.19. The van der Waals surface area contributed by atoms with Crippen molar-refractivity contribution in [2.45, 2.75) is 44.3 Å². The van der Waals surface area contributed by atoms with Gasteiger partial charge in [0.1, 0.15) is 18.2 Å². The lowest BCUT2D eigenvalue weighted by atomic mass is 10.1. The number of aromatic nitrogens is 2. The maximum atomic E-state index is 11.7. The van der Waals surface area contributed by atoms with E-state index in [1.165, 1.54) is 19.3 Å². The van der Waals surface area contributed by atoms with Crippen molar-refractivity contribution in [3.8, 4) is 5.88 Å². The van der Waals surface area contributed by atoms with Gasteiger partial charge >= 0.3 is 0 Å². The fourth-order valence-corrected chi connectivity index (χ4v) is 4.08. The first kappa shape index (κ1) is 16.4. The van der Waals surface area contributed by atoms with Crippen LogP contribution in [0.15, 0.2) is 6.07 Å². The maximum absolute atomic E-state index is 11.7. The summed E-state index contributed by atoms with van der Waals surface area (Å²) in [5.41, 5.74) is 0. The smallest absolute Gasteiger partial charge is 0.218 e. The van der Waals surface area contributed by atoms with Crippen molar-refractivity contribution in [2.75, 3.05) is 31.1 Å². The van der Waals surface area contributed by atoms with Gasteiger partial charge in [-0.3, -0.25) is 0 Å². The lowest BCUT2D eigenvalue weighted by molar-refractivity contribution is 0.309. The van der Waals surface area contributed by atoms with Crippen molar-refractivity contribution in [2.24, 2.45) is 0 Å². The number of anilines is 1. The minimum absolute atomic E-state index is 0.200. The molecule has 23 heavy (non-hydrogen) atoms. The number of rotatable bonds is 7. The molecule has 1 saturated carbocycles. The Balaban J connectivity index is 1.53. The van der Waals surface area contributed by atoms with E-state index in [1.807, 2.05) is 13.0 Å². The van der Waals surface area contributed by atoms with Gasteiger partial charge in [-0.25, -0.2) is 18.1 Å². The minimum Gasteiger partial charge on any atom is -0.476 e. The normalized spacial score (nSPS) is 18.9. The molecule has 0 amide bonds. The van der Waals surface area contributed by atoms with E-state index in [0.717, 1.165) is 31.7 Å². The largest absolute Gasteiger partial charge is 0.476 e. The fraction of sp³-hybridized carbons (Fsp3) is 0.733. The van der Waals surface area contributed by atoms with Crippen LogP contribution in [0.2, 0.25) is 0 Å². The van der Waals surface area contributed by atoms with Crippen molar-refractivity contribution >= 4 is 15.8 Å². The number of sulfonamides is 1. The van der Waals surface area contributed by atoms with E-state index in [-0.39, 0.29) is 18.4 Å². The summed E-state index contributed by atoms with van der Waals surface area (Å²) in [5, 5.41) is -0.200. The minimum atomic E-state index is -3.15. The van der Waals surface area contributed by atoms with Crippen LogP contribution in [0.25, 0.3) is 0 Å². The summed E-state index contributed by atoms with van der Waals surface area (Å²) >= 11 is 0. The average molecular weight is 340 g/mol. The van der Waals surface area contributed by atoms with E-state index in [1.54, 1.807) is 0 Å². The molecular formula is C15H24N4O3S. The zero-order valence-corrected chi connectivity index (χ0v) is 14.3. The molecular weight excluding hydrogens is 316 g/mol. The van der Waals surface area contributed by atoms with Crippen molar-refractivity contribution < 1.29 is 13.2 Å². The van der Waals surface area contributed by atoms with Gasteiger partial charge in [0, 0.05) is 25.7 Å². The molecule has 0 bridgehead atoms. The van der Waals surface area contributed by atoms with Gasteiger partial charge in [0.2, 0.25) is 15.9 Å². The third kappa shape index (κ3) is 4.54. The van der Waals surface area contributed by atoms with Crippen LogP contribution < -0.4 is 14.4 Å². The molecule has 0 aromatic carbocycles. The molecule has 1 aliphatic heterocycles. The molecule has 0 unspecified atom stereocenters. The predicted molar refractivity (Wildman–Crippen MR) is 88.3 cm³/mol. The summed E-state index contributed by atoms with van der Waals surface area (Å²) in [4.78, 5) is 11.0. The summed E-state index contributed by atoms with van der Waals surface area (Å²) in [6.45, 7) is 4.40. The molecule has 1 aliphatic carbocycles. The van der Waals surface area contributed by atoms with Crippen LogP contribution in [-0.2, 0) is 10.0 Å². The van der Waals surface area contributed by atoms with Gasteiger partial charge in [-0.15, -0.1) is 0 Å². The first-order valence-electron chi connectivity index (χ1n) is 8.26. The van der Waals surface area contributed by atoms with Crippen LogP contribution in [0.3, 0.4) is 0 Å². The molecule has 2 aliphatic rings. The van der Waals surface area contributed by atoms with Gasteiger partial charge in [-0.05, 0) is 39.0 Å². The highest BCUT2D eigenvalue weighted by Gasteiger charge is 2.35. The van der Waals surface area contributed by atoms with Crippen molar-refractivity contribution in [1.82, 2.24) is 14.7 Å². The molecule has 7 nitrogen and oxygen atoms in total. The van der Waals surface area contributed by atoms with Crippen molar-refractivity contribution in [3.63, 3.8) is 0 Å². The molecule has 1 aromatic heterocycles. The van der Waals surface area contributed by atoms with Crippen LogP contribution >= 0.6 is 0 Å². The van der Waals surface area contributed by atoms with Gasteiger partial charge in [0.25, 0.3) is 0 Å². The number of aryl methyl sites for hydroxylation is 1. The van der Waals surface area contributed by atoms with E-state index in [4.69, 9.17) is 4.74 Å². The summed E-state index contributed by atoms with van der Waals surface area (Å²) in [5.74, 6) is 2.07. The second-order valence-electron chi connectivity index (χ2n) is 6.15. The van der Waals surface area contributed by atoms with E-state index in [9.17, 15) is 8.42 Å². The lowest BCUT2D eigenvalue weighted by Crippen LogP contribution is -2.31. The topological polar surface area (TPSA) is 84.4 Å². The van der Waals surface area contributed by atoms with Crippen molar-refractivity contribution in [1.29, 1.82) is 0 Å². The standard InChI is InChI=1S/C15H24N4O3S/c1-12-17-14(19-8-3-2-4-9-19)11-15(18-12)22-10-7-16-23(20,21)13-5-6-13/h11,13,16H,2-10H2,1H3. The molecule has 1 aromatic rings. The van der Waals surface area contributed by atoms with Gasteiger partial charge < -0.3 is 9.64 Å². The van der Waals surface area contributed by atoms with E-state index < -0.39 is 10.0 Å². The SMILES string of the molecule is Cc1nc(OCCNS(=O)(=O)C2CC2)cc(N2CCCCC2)n1. The Bertz CT molecular complexity index is 640. The first-order chi connectivity index (χ1) is 11.0. The van der Waals surface area contributed by atoms with E-state index >= 15 is 0 Å². The quantitative estimate of drug-likeness (QED) is 0.752. The summed E-state index contributed by atoms with van der Waals surface area (Å²) < 4.78 is 31.6. The second kappa shape index (κ2) is 7.00. The molecule has 0 radical (unpaired) electrons. The number of nitrogens with one attached hydrogen (secondary N) is 1. The predicted octanol–water partition coefficient (Wildman–Crippen LogP) is 1.24. The number of hydrogen-bond acceptors (Lipinski definition) is 6. The Labute approximate surface area is 137 Å². The Morgan fingerprint density at radius 2 is 2.00 bits per heavy atom. The van der Waals surface area contributed by atoms with Crippen LogP contribution in [0.5, 0.6) is 5.88 Å². The van der Waals surface area contributed by atoms with Crippen molar-refractivity contribution in [3.05, 3.63) is 11.9 Å². The number of ether oxygens (including phenoxy) is 1. The molecule has 1 N–H and O–H groups in total. The molecule has 0 atom stereocenters. The van der Waals surface area contributed by atoms with Gasteiger partial charge in [-0.1, -0.05) is 0 Å². The molecule has 1 saturated heterocycles. The summed E-state index contributed by atoms with van der Waals surface area (Å²) in [6.07, 6.45) is 5.16. The number of nitrogens with zero attached hydrogens (tertiary/aromatic N) is 3. The Morgan fingerprint density at radius 3 is 2.70 bits per heavy atom. The van der Waals surface area contributed by atoms with Crippen LogP contribution in [-0.4, -0.2) is 49.9 Å². The Hall–Kier alpha value is -1.41. The third-order valence-electron chi connectivity index (χ3n) is 4.10. The summed E-state index contributed by atoms with van der Waals surface area (Å²) in [6, 6.07) is 1.84. The first-order valence-corrected chi connectivity index (χ1v) is 9.81. The molecule has 3 rings (SSSR count). The molecule has 128 valence electrons. The highest BCUT2D eigenvalue weighted by atomic mass is 32.2. The number of hydrogen-bond donors (Lipinski definition) is 1. The third-order valence-corrected chi connectivity index (χ3v) is 6.06. The van der Waals surface area contributed by atoms with Gasteiger partial charge in [0.05, 0.1) is 5.25 Å². The molecule has 2 fully saturated rings. The van der Waals surface area contributed by atoms with Crippen LogP contribution in [0, 0.1) is 6.92 Å². The van der Waals surface area contributed by atoms with Gasteiger partial charge in [0.15, 0.2) is 0 Å². The highest BCUT2D eigenvalue weighted by molar-refractivity contribution is 7.90. The number of piperidine rings is 1. The van der Waals surface area contributed by atoms with Gasteiger partial charge in [-0.2, -0.15) is 4.98 Å². The molecule has 0 spiro atoms. The lowest BCUT2D eigenvalue weighted by Gasteiger charge is -2.28. The molecule has 8 heteroatoms. The summed E-state index contributed by atoms with van der Waals surface area (Å²) in [7, 11) is -3.15. The average Bonchev–Trinajstić information content (AvgIpc) is 3.37. The zero-order valence-electron chi connectivity index (χ0n) is 13.5. The Kier molecular flexibility index (Phi) is 5.01. The Morgan fingerprint density at radius 1 is 1.26 bits per heavy atom. The van der Waals surface area contributed by atoms with E-state index in [0.29, 0.717) is 11.7 Å².